The quantitative estimate of drug-likeness (QED) is 0.227. The van der Waals surface area contributed by atoms with Gasteiger partial charge in [-0.1, -0.05) is 12.2 Å². The molecule has 14 nitrogen and oxygen atoms in total. The van der Waals surface area contributed by atoms with Gasteiger partial charge in [-0.3, -0.25) is 9.59 Å². The van der Waals surface area contributed by atoms with Gasteiger partial charge in [0.1, 0.15) is 29.8 Å². The van der Waals surface area contributed by atoms with Gasteiger partial charge in [-0.25, -0.2) is 14.4 Å². The molecule has 0 aromatic heterocycles. The van der Waals surface area contributed by atoms with Crippen molar-refractivity contribution in [2.45, 2.75) is 77.3 Å². The predicted octanol–water partition coefficient (Wildman–Crippen LogP) is 0.775. The minimum atomic E-state index is -2.30. The van der Waals surface area contributed by atoms with Gasteiger partial charge in [-0.15, -0.1) is 0 Å². The molecule has 2 aliphatic heterocycles. The molecule has 44 heavy (non-hydrogen) atoms. The van der Waals surface area contributed by atoms with Crippen molar-refractivity contribution >= 4 is 29.8 Å². The fourth-order valence-corrected chi connectivity index (χ4v) is 7.59. The van der Waals surface area contributed by atoms with E-state index in [1.807, 2.05) is 0 Å². The fraction of sp³-hybridized carbons (Fsp3) is 0.700. The number of allylic oxidation sites excluding steroid dienone is 2. The van der Waals surface area contributed by atoms with Crippen LogP contribution >= 0.6 is 0 Å². The molecule has 1 spiro atoms. The van der Waals surface area contributed by atoms with Gasteiger partial charge in [-0.2, -0.15) is 0 Å². The third-order valence-corrected chi connectivity index (χ3v) is 9.76. The van der Waals surface area contributed by atoms with Crippen LogP contribution in [0.2, 0.25) is 0 Å². The molecular weight excluding hydrogens is 584 g/mol. The zero-order chi connectivity index (χ0) is 32.8. The minimum absolute atomic E-state index is 0.204. The van der Waals surface area contributed by atoms with Gasteiger partial charge in [0.2, 0.25) is 0 Å². The summed E-state index contributed by atoms with van der Waals surface area (Å²) in [4.78, 5) is 66.3. The summed E-state index contributed by atoms with van der Waals surface area (Å²) in [6, 6.07) is 0. The van der Waals surface area contributed by atoms with Crippen molar-refractivity contribution in [2.24, 2.45) is 22.7 Å². The average molecular weight is 625 g/mol. The number of methoxy groups -OCH3 is 3. The lowest BCUT2D eigenvalue weighted by atomic mass is 9.44. The van der Waals surface area contributed by atoms with Crippen molar-refractivity contribution in [1.29, 1.82) is 0 Å². The molecule has 4 rings (SSSR count). The predicted molar refractivity (Wildman–Crippen MR) is 146 cm³/mol. The van der Waals surface area contributed by atoms with E-state index >= 15 is 0 Å². The Morgan fingerprint density at radius 3 is 1.91 bits per heavy atom. The first kappa shape index (κ1) is 33.6. The fourth-order valence-electron chi connectivity index (χ4n) is 7.59. The number of hydrogen-bond donors (Lipinski definition) is 1. The molecule has 4 aliphatic rings. The van der Waals surface area contributed by atoms with Crippen LogP contribution in [0.15, 0.2) is 23.3 Å². The summed E-state index contributed by atoms with van der Waals surface area (Å²) >= 11 is 0. The minimum Gasteiger partial charge on any atom is -0.468 e. The van der Waals surface area contributed by atoms with Crippen LogP contribution in [-0.4, -0.2) is 106 Å². The Balaban J connectivity index is 2.06. The van der Waals surface area contributed by atoms with Crippen molar-refractivity contribution < 1.29 is 67.0 Å². The standard InChI is InChI=1S/C30H40O14/c1-9-14(3)24(33)43-17-11-18(42-16(5)31)29(26(35)37-6)12-40-20-19(32)21(44-25(34)15(4)10-2)23-28(17,22(20)29)13-41-30(23,39-8)27(36)38-7/h9-10,17-23,32H,11-13H2,1-8H3/b14-9+,15-10+/t17-,18+,19-,20-,21+,22+,23-,28?,29-,30-/m0/s1. The molecule has 10 atom stereocenters. The normalized spacial score (nSPS) is 39.4. The Bertz CT molecular complexity index is 1270. The molecule has 14 heteroatoms. The number of aliphatic hydroxyl groups excluding tert-OH is 1. The summed E-state index contributed by atoms with van der Waals surface area (Å²) in [6.07, 6.45) is -4.17. The van der Waals surface area contributed by atoms with Crippen LogP contribution in [0.25, 0.3) is 0 Å². The molecule has 1 unspecified atom stereocenters. The summed E-state index contributed by atoms with van der Waals surface area (Å²) in [5.74, 6) is -8.98. The summed E-state index contributed by atoms with van der Waals surface area (Å²) in [5.41, 5.74) is -2.91. The van der Waals surface area contributed by atoms with Crippen LogP contribution in [0.4, 0.5) is 0 Å². The van der Waals surface area contributed by atoms with Crippen LogP contribution in [0.5, 0.6) is 0 Å². The molecule has 2 aliphatic carbocycles. The molecule has 2 saturated heterocycles. The highest BCUT2D eigenvalue weighted by Crippen LogP contribution is 2.70. The smallest absolute Gasteiger partial charge is 0.367 e. The van der Waals surface area contributed by atoms with Crippen molar-refractivity contribution in [3.8, 4) is 0 Å². The molecule has 0 aromatic carbocycles. The van der Waals surface area contributed by atoms with Gasteiger partial charge < -0.3 is 43.0 Å². The third kappa shape index (κ3) is 4.65. The van der Waals surface area contributed by atoms with Crippen molar-refractivity contribution in [3.05, 3.63) is 23.3 Å². The number of esters is 5. The summed E-state index contributed by atoms with van der Waals surface area (Å²) in [7, 11) is 3.44. The van der Waals surface area contributed by atoms with E-state index in [0.717, 1.165) is 21.1 Å². The van der Waals surface area contributed by atoms with Gasteiger partial charge in [0.25, 0.3) is 5.79 Å². The first-order valence-corrected chi connectivity index (χ1v) is 14.3. The lowest BCUT2D eigenvalue weighted by Crippen LogP contribution is -2.75. The largest absolute Gasteiger partial charge is 0.468 e. The lowest BCUT2D eigenvalue weighted by Gasteiger charge is -2.61. The number of hydrogen-bond acceptors (Lipinski definition) is 14. The van der Waals surface area contributed by atoms with E-state index in [2.05, 4.69) is 0 Å². The van der Waals surface area contributed by atoms with Crippen molar-refractivity contribution in [2.75, 3.05) is 34.5 Å². The second-order valence-electron chi connectivity index (χ2n) is 11.6. The van der Waals surface area contributed by atoms with Crippen LogP contribution in [0.3, 0.4) is 0 Å². The number of rotatable bonds is 8. The first-order chi connectivity index (χ1) is 20.8. The van der Waals surface area contributed by atoms with Crippen LogP contribution in [0, 0.1) is 22.7 Å². The maximum absolute atomic E-state index is 13.8. The lowest BCUT2D eigenvalue weighted by molar-refractivity contribution is -0.283. The van der Waals surface area contributed by atoms with E-state index in [1.165, 1.54) is 33.1 Å². The Morgan fingerprint density at radius 1 is 0.795 bits per heavy atom. The second kappa shape index (κ2) is 12.2. The van der Waals surface area contributed by atoms with Crippen molar-refractivity contribution in [1.82, 2.24) is 0 Å². The molecule has 2 heterocycles. The van der Waals surface area contributed by atoms with Gasteiger partial charge in [0.05, 0.1) is 44.9 Å². The van der Waals surface area contributed by atoms with E-state index in [-0.39, 0.29) is 24.2 Å². The molecule has 244 valence electrons. The van der Waals surface area contributed by atoms with Gasteiger partial charge in [-0.05, 0) is 27.7 Å². The Hall–Kier alpha value is -3.33. The second-order valence-corrected chi connectivity index (χ2v) is 11.6. The SMILES string of the molecule is C/C=C(\C)C(=O)O[C@@H]1[C@@H](O)[C@@H]2OC[C@@]3(C(=O)OC)[C@H]2C2(CO[C@](OC)(C(=O)OC)[C@@H]12)[C@@H](OC(=O)/C(C)=C/C)C[C@H]3OC(C)=O. The number of ether oxygens (including phenoxy) is 8. The van der Waals surface area contributed by atoms with Gasteiger partial charge >= 0.3 is 29.8 Å². The van der Waals surface area contributed by atoms with Gasteiger partial charge in [0, 0.05) is 37.5 Å². The van der Waals surface area contributed by atoms with Crippen LogP contribution in [-0.2, 0) is 61.9 Å². The van der Waals surface area contributed by atoms with E-state index in [4.69, 9.17) is 37.9 Å². The third-order valence-electron chi connectivity index (χ3n) is 9.76. The number of carbonyl (C=O) groups is 5. The zero-order valence-electron chi connectivity index (χ0n) is 26.1. The molecule has 0 aromatic rings. The molecule has 1 N–H and O–H groups in total. The van der Waals surface area contributed by atoms with E-state index in [0.29, 0.717) is 0 Å². The molecule has 2 saturated carbocycles. The Labute approximate surface area is 254 Å². The van der Waals surface area contributed by atoms with E-state index in [1.54, 1.807) is 13.8 Å². The van der Waals surface area contributed by atoms with Crippen LogP contribution < -0.4 is 0 Å². The number of carbonyl (C=O) groups excluding carboxylic acids is 5. The maximum Gasteiger partial charge on any atom is 0.367 e. The highest BCUT2D eigenvalue weighted by molar-refractivity contribution is 5.89. The molecule has 0 amide bonds. The van der Waals surface area contributed by atoms with Crippen LogP contribution in [0.1, 0.15) is 41.0 Å². The monoisotopic (exact) mass is 624 g/mol. The summed E-state index contributed by atoms with van der Waals surface area (Å²) < 4.78 is 46.0. The van der Waals surface area contributed by atoms with Gasteiger partial charge in [0.15, 0.2) is 0 Å². The zero-order valence-corrected chi connectivity index (χ0v) is 26.1. The molecule has 4 fully saturated rings. The highest BCUT2D eigenvalue weighted by atomic mass is 16.7. The summed E-state index contributed by atoms with van der Waals surface area (Å²) in [5, 5.41) is 11.9. The first-order valence-electron chi connectivity index (χ1n) is 14.3. The average Bonchev–Trinajstić information content (AvgIpc) is 3.59. The highest BCUT2D eigenvalue weighted by Gasteiger charge is 2.85. The number of aliphatic hydroxyl groups is 1. The molecular formula is C30H40O14. The molecule has 0 bridgehead atoms. The maximum atomic E-state index is 13.8. The Kier molecular flexibility index (Phi) is 9.32. The topological polar surface area (TPSA) is 179 Å². The van der Waals surface area contributed by atoms with E-state index in [9.17, 15) is 29.1 Å². The van der Waals surface area contributed by atoms with Crippen molar-refractivity contribution in [3.63, 3.8) is 0 Å². The Morgan fingerprint density at radius 2 is 1.39 bits per heavy atom. The molecule has 0 radical (unpaired) electrons. The van der Waals surface area contributed by atoms with E-state index < -0.39 is 95.4 Å². The summed E-state index contributed by atoms with van der Waals surface area (Å²) in [6.45, 7) is 6.71.